The quantitative estimate of drug-likeness (QED) is 0.800. The van der Waals surface area contributed by atoms with Crippen molar-refractivity contribution < 1.29 is 9.53 Å². The summed E-state index contributed by atoms with van der Waals surface area (Å²) in [5.41, 5.74) is 6.05. The first-order valence-electron chi connectivity index (χ1n) is 6.18. The maximum absolute atomic E-state index is 12.6. The summed E-state index contributed by atoms with van der Waals surface area (Å²) in [6.45, 7) is 3.43. The summed E-state index contributed by atoms with van der Waals surface area (Å²) < 4.78 is 5.67. The second-order valence-electron chi connectivity index (χ2n) is 5.06. The Bertz CT molecular complexity index is 684. The van der Waals surface area contributed by atoms with Crippen molar-refractivity contribution >= 4 is 23.1 Å². The topological polar surface area (TPSA) is 81.3 Å². The number of aromatic nitrogens is 2. The summed E-state index contributed by atoms with van der Waals surface area (Å²) in [5.74, 6) is 0.698. The van der Waals surface area contributed by atoms with Crippen LogP contribution in [0.25, 0.3) is 0 Å². The zero-order valence-electron chi connectivity index (χ0n) is 11.2. The SMILES string of the molecule is CC1(C)Oc2cncnc2N(c2cccc(N)c2)C1=O. The van der Waals surface area contributed by atoms with E-state index in [1.807, 2.05) is 6.07 Å². The third-order valence-corrected chi connectivity index (χ3v) is 3.08. The normalized spacial score (nSPS) is 16.5. The van der Waals surface area contributed by atoms with E-state index in [0.717, 1.165) is 0 Å². The molecule has 6 nitrogen and oxygen atoms in total. The minimum Gasteiger partial charge on any atom is -0.472 e. The van der Waals surface area contributed by atoms with Gasteiger partial charge in [0.2, 0.25) is 0 Å². The number of nitrogens with zero attached hydrogens (tertiary/aromatic N) is 3. The van der Waals surface area contributed by atoms with Crippen LogP contribution in [0.5, 0.6) is 5.75 Å². The highest BCUT2D eigenvalue weighted by molar-refractivity contribution is 6.07. The first-order valence-corrected chi connectivity index (χ1v) is 6.18. The van der Waals surface area contributed by atoms with Gasteiger partial charge in [-0.25, -0.2) is 9.97 Å². The molecule has 20 heavy (non-hydrogen) atoms. The molecular formula is C14H14N4O2. The van der Waals surface area contributed by atoms with Gasteiger partial charge in [-0.3, -0.25) is 9.69 Å². The molecule has 0 radical (unpaired) electrons. The molecule has 0 aliphatic carbocycles. The van der Waals surface area contributed by atoms with E-state index in [1.54, 1.807) is 38.2 Å². The minimum absolute atomic E-state index is 0.200. The Morgan fingerprint density at radius 1 is 1.35 bits per heavy atom. The van der Waals surface area contributed by atoms with Crippen LogP contribution >= 0.6 is 0 Å². The van der Waals surface area contributed by atoms with Crippen molar-refractivity contribution in [1.29, 1.82) is 0 Å². The van der Waals surface area contributed by atoms with Crippen molar-refractivity contribution in [3.63, 3.8) is 0 Å². The summed E-state index contributed by atoms with van der Waals surface area (Å²) >= 11 is 0. The highest BCUT2D eigenvalue weighted by Gasteiger charge is 2.42. The number of anilines is 3. The lowest BCUT2D eigenvalue weighted by molar-refractivity contribution is -0.131. The summed E-state index contributed by atoms with van der Waals surface area (Å²) in [6, 6.07) is 7.09. The molecule has 1 amide bonds. The lowest BCUT2D eigenvalue weighted by Crippen LogP contribution is -2.50. The summed E-state index contributed by atoms with van der Waals surface area (Å²) in [5, 5.41) is 0. The molecule has 2 heterocycles. The average molecular weight is 270 g/mol. The Balaban J connectivity index is 2.20. The number of hydrogen-bond donors (Lipinski definition) is 1. The molecule has 0 fully saturated rings. The van der Waals surface area contributed by atoms with Gasteiger partial charge < -0.3 is 10.5 Å². The number of ether oxygens (including phenoxy) is 1. The number of benzene rings is 1. The van der Waals surface area contributed by atoms with Crippen molar-refractivity contribution in [3.8, 4) is 5.75 Å². The van der Waals surface area contributed by atoms with Crippen LogP contribution in [0.1, 0.15) is 13.8 Å². The van der Waals surface area contributed by atoms with E-state index in [9.17, 15) is 4.79 Å². The Hall–Kier alpha value is -2.63. The largest absolute Gasteiger partial charge is 0.472 e. The number of nitrogens with two attached hydrogens (primary N) is 1. The molecule has 102 valence electrons. The van der Waals surface area contributed by atoms with Crippen LogP contribution in [0.4, 0.5) is 17.2 Å². The average Bonchev–Trinajstić information content (AvgIpc) is 2.40. The first-order chi connectivity index (χ1) is 9.49. The van der Waals surface area contributed by atoms with Crippen LogP contribution in [0.3, 0.4) is 0 Å². The molecule has 1 aromatic heterocycles. The Morgan fingerprint density at radius 3 is 2.90 bits per heavy atom. The molecule has 1 aromatic carbocycles. The monoisotopic (exact) mass is 270 g/mol. The first kappa shape index (κ1) is 12.4. The molecule has 1 aliphatic heterocycles. The lowest BCUT2D eigenvalue weighted by atomic mass is 10.0. The van der Waals surface area contributed by atoms with Crippen molar-refractivity contribution in [2.75, 3.05) is 10.6 Å². The van der Waals surface area contributed by atoms with E-state index in [0.29, 0.717) is 22.9 Å². The predicted octanol–water partition coefficient (Wildman–Crippen LogP) is 1.89. The van der Waals surface area contributed by atoms with Crippen LogP contribution in [0.2, 0.25) is 0 Å². The number of rotatable bonds is 1. The third-order valence-electron chi connectivity index (χ3n) is 3.08. The van der Waals surface area contributed by atoms with E-state index in [4.69, 9.17) is 10.5 Å². The molecule has 0 saturated carbocycles. The molecule has 0 atom stereocenters. The zero-order valence-corrected chi connectivity index (χ0v) is 11.2. The molecular weight excluding hydrogens is 256 g/mol. The fourth-order valence-electron chi connectivity index (χ4n) is 2.14. The molecule has 1 aliphatic rings. The Morgan fingerprint density at radius 2 is 2.15 bits per heavy atom. The van der Waals surface area contributed by atoms with Gasteiger partial charge in [-0.05, 0) is 32.0 Å². The highest BCUT2D eigenvalue weighted by Crippen LogP contribution is 2.39. The predicted molar refractivity (Wildman–Crippen MR) is 74.7 cm³/mol. The van der Waals surface area contributed by atoms with E-state index in [2.05, 4.69) is 9.97 Å². The van der Waals surface area contributed by atoms with Gasteiger partial charge in [-0.2, -0.15) is 0 Å². The van der Waals surface area contributed by atoms with Crippen LogP contribution in [0, 0.1) is 0 Å². The Kier molecular flexibility index (Phi) is 2.60. The standard InChI is InChI=1S/C14H14N4O2/c1-14(2)13(19)18(10-5-3-4-9(15)6-10)12-11(20-14)7-16-8-17-12/h3-8H,15H2,1-2H3. The molecule has 0 bridgehead atoms. The molecule has 2 aromatic rings. The number of fused-ring (bicyclic) bond motifs is 1. The molecule has 0 spiro atoms. The van der Waals surface area contributed by atoms with Gasteiger partial charge in [0.25, 0.3) is 5.91 Å². The summed E-state index contributed by atoms with van der Waals surface area (Å²) in [6.07, 6.45) is 2.93. The van der Waals surface area contributed by atoms with Crippen molar-refractivity contribution in [3.05, 3.63) is 36.8 Å². The summed E-state index contributed by atoms with van der Waals surface area (Å²) in [4.78, 5) is 22.2. The van der Waals surface area contributed by atoms with Gasteiger partial charge in [0.05, 0.1) is 11.9 Å². The van der Waals surface area contributed by atoms with Gasteiger partial charge in [-0.1, -0.05) is 6.07 Å². The second-order valence-corrected chi connectivity index (χ2v) is 5.06. The van der Waals surface area contributed by atoms with Gasteiger partial charge in [0, 0.05) is 5.69 Å². The van der Waals surface area contributed by atoms with Crippen LogP contribution in [-0.2, 0) is 4.79 Å². The zero-order chi connectivity index (χ0) is 14.3. The molecule has 0 unspecified atom stereocenters. The number of amides is 1. The molecule has 2 N–H and O–H groups in total. The number of carbonyl (C=O) groups excluding carboxylic acids is 1. The fraction of sp³-hybridized carbons (Fsp3) is 0.214. The highest BCUT2D eigenvalue weighted by atomic mass is 16.5. The minimum atomic E-state index is -0.984. The van der Waals surface area contributed by atoms with Gasteiger partial charge in [0.1, 0.15) is 6.33 Å². The molecule has 6 heteroatoms. The maximum atomic E-state index is 12.6. The molecule has 0 saturated heterocycles. The fourth-order valence-corrected chi connectivity index (χ4v) is 2.14. The van der Waals surface area contributed by atoms with E-state index in [1.165, 1.54) is 11.2 Å². The number of hydrogen-bond acceptors (Lipinski definition) is 5. The summed E-state index contributed by atoms with van der Waals surface area (Å²) in [7, 11) is 0. The van der Waals surface area contributed by atoms with Crippen molar-refractivity contribution in [1.82, 2.24) is 9.97 Å². The van der Waals surface area contributed by atoms with E-state index < -0.39 is 5.60 Å². The van der Waals surface area contributed by atoms with E-state index >= 15 is 0 Å². The van der Waals surface area contributed by atoms with Crippen LogP contribution in [-0.4, -0.2) is 21.5 Å². The van der Waals surface area contributed by atoms with Gasteiger partial charge in [-0.15, -0.1) is 0 Å². The maximum Gasteiger partial charge on any atom is 0.276 e. The smallest absolute Gasteiger partial charge is 0.276 e. The number of nitrogen functional groups attached to an aromatic ring is 1. The van der Waals surface area contributed by atoms with Crippen molar-refractivity contribution in [2.45, 2.75) is 19.4 Å². The van der Waals surface area contributed by atoms with Crippen LogP contribution in [0.15, 0.2) is 36.8 Å². The van der Waals surface area contributed by atoms with E-state index in [-0.39, 0.29) is 5.91 Å². The van der Waals surface area contributed by atoms with Gasteiger partial charge >= 0.3 is 0 Å². The lowest BCUT2D eigenvalue weighted by Gasteiger charge is -2.37. The third kappa shape index (κ3) is 1.85. The second kappa shape index (κ2) is 4.19. The molecule has 3 rings (SSSR count). The number of carbonyl (C=O) groups is 1. The van der Waals surface area contributed by atoms with Crippen LogP contribution < -0.4 is 15.4 Å². The Labute approximate surface area is 116 Å². The van der Waals surface area contributed by atoms with Gasteiger partial charge in [0.15, 0.2) is 17.2 Å². The van der Waals surface area contributed by atoms with Crippen molar-refractivity contribution in [2.24, 2.45) is 0 Å².